The largest absolute Gasteiger partial charge is 0.360 e. The summed E-state index contributed by atoms with van der Waals surface area (Å²) in [6.07, 6.45) is 0.371. The van der Waals surface area contributed by atoms with Gasteiger partial charge in [-0.2, -0.15) is 16.7 Å². The van der Waals surface area contributed by atoms with Gasteiger partial charge >= 0.3 is 0 Å². The molecule has 0 bridgehead atoms. The summed E-state index contributed by atoms with van der Waals surface area (Å²) in [7, 11) is 0. The second-order valence-corrected chi connectivity index (χ2v) is 6.66. The molecule has 0 saturated carbocycles. The van der Waals surface area contributed by atoms with Crippen molar-refractivity contribution in [1.82, 2.24) is 15.3 Å². The zero-order valence-corrected chi connectivity index (χ0v) is 14.8. The van der Waals surface area contributed by atoms with Crippen LogP contribution in [0.25, 0.3) is 11.4 Å². The van der Waals surface area contributed by atoms with E-state index in [4.69, 9.17) is 9.05 Å². The van der Waals surface area contributed by atoms with E-state index < -0.39 is 0 Å². The molecule has 0 aliphatic rings. The molecule has 2 aromatic heterocycles. The molecule has 1 N–H and O–H groups in total. The van der Waals surface area contributed by atoms with Crippen LogP contribution in [0.3, 0.4) is 0 Å². The fourth-order valence-corrected chi connectivity index (χ4v) is 2.85. The average Bonchev–Trinajstić information content (AvgIpc) is 3.21. The lowest BCUT2D eigenvalue weighted by molar-refractivity contribution is -0.115. The zero-order chi connectivity index (χ0) is 17.6. The van der Waals surface area contributed by atoms with Crippen LogP contribution in [0.15, 0.2) is 39.4 Å². The van der Waals surface area contributed by atoms with Crippen molar-refractivity contribution in [3.05, 3.63) is 47.5 Å². The van der Waals surface area contributed by atoms with Gasteiger partial charge in [0, 0.05) is 23.8 Å². The lowest BCUT2D eigenvalue weighted by atomic mass is 10.1. The summed E-state index contributed by atoms with van der Waals surface area (Å²) in [5, 5.41) is 10.4. The standard InChI is InChI=1S/C17H18N4O3S/c1-11-3-5-13(6-4-11)17-19-16(24-21-17)10-25-8-7-15(22)18-14-9-12(2)23-20-14/h3-6,9H,7-8,10H2,1-2H3,(H,18,20,22). The minimum atomic E-state index is -0.105. The van der Waals surface area contributed by atoms with Crippen molar-refractivity contribution in [3.8, 4) is 11.4 Å². The second-order valence-electron chi connectivity index (χ2n) is 5.55. The molecule has 0 atom stereocenters. The van der Waals surface area contributed by atoms with Crippen molar-refractivity contribution in [2.75, 3.05) is 11.1 Å². The van der Waals surface area contributed by atoms with Crippen molar-refractivity contribution in [3.63, 3.8) is 0 Å². The summed E-state index contributed by atoms with van der Waals surface area (Å²) in [6.45, 7) is 3.80. The third kappa shape index (κ3) is 4.93. The van der Waals surface area contributed by atoms with Gasteiger partial charge in [-0.25, -0.2) is 0 Å². The highest BCUT2D eigenvalue weighted by atomic mass is 32.2. The number of hydrogen-bond donors (Lipinski definition) is 1. The molecule has 2 heterocycles. The number of benzene rings is 1. The average molecular weight is 358 g/mol. The van der Waals surface area contributed by atoms with Crippen molar-refractivity contribution >= 4 is 23.5 Å². The van der Waals surface area contributed by atoms with Gasteiger partial charge in [0.15, 0.2) is 5.82 Å². The van der Waals surface area contributed by atoms with Gasteiger partial charge in [0.05, 0.1) is 5.75 Å². The van der Waals surface area contributed by atoms with Crippen molar-refractivity contribution < 1.29 is 13.8 Å². The normalized spacial score (nSPS) is 10.8. The Balaban J connectivity index is 1.42. The van der Waals surface area contributed by atoms with E-state index in [9.17, 15) is 4.79 Å². The summed E-state index contributed by atoms with van der Waals surface area (Å²) in [5.74, 6) is 3.33. The van der Waals surface area contributed by atoms with Crippen LogP contribution in [0.2, 0.25) is 0 Å². The maximum atomic E-state index is 11.8. The lowest BCUT2D eigenvalue weighted by Crippen LogP contribution is -2.12. The minimum absolute atomic E-state index is 0.105. The van der Waals surface area contributed by atoms with Crippen LogP contribution in [-0.2, 0) is 10.5 Å². The maximum absolute atomic E-state index is 11.8. The number of nitrogens with zero attached hydrogens (tertiary/aromatic N) is 3. The summed E-state index contributed by atoms with van der Waals surface area (Å²) >= 11 is 1.56. The zero-order valence-electron chi connectivity index (χ0n) is 14.0. The van der Waals surface area contributed by atoms with E-state index >= 15 is 0 Å². The van der Waals surface area contributed by atoms with Gasteiger partial charge in [-0.1, -0.05) is 40.1 Å². The second kappa shape index (κ2) is 7.98. The molecule has 0 radical (unpaired) electrons. The predicted molar refractivity (Wildman–Crippen MR) is 95.1 cm³/mol. The minimum Gasteiger partial charge on any atom is -0.360 e. The van der Waals surface area contributed by atoms with Gasteiger partial charge in [0.25, 0.3) is 0 Å². The Morgan fingerprint density at radius 3 is 2.68 bits per heavy atom. The van der Waals surface area contributed by atoms with Gasteiger partial charge in [-0.05, 0) is 13.8 Å². The molecule has 1 aromatic carbocycles. The van der Waals surface area contributed by atoms with E-state index in [0.29, 0.717) is 41.2 Å². The molecule has 3 aromatic rings. The van der Waals surface area contributed by atoms with Crippen LogP contribution in [0.4, 0.5) is 5.82 Å². The van der Waals surface area contributed by atoms with Crippen LogP contribution in [0.5, 0.6) is 0 Å². The van der Waals surface area contributed by atoms with E-state index in [-0.39, 0.29) is 5.91 Å². The highest BCUT2D eigenvalue weighted by Gasteiger charge is 2.10. The summed E-state index contributed by atoms with van der Waals surface area (Å²) in [4.78, 5) is 16.2. The fraction of sp³-hybridized carbons (Fsp3) is 0.294. The van der Waals surface area contributed by atoms with E-state index in [1.54, 1.807) is 24.8 Å². The van der Waals surface area contributed by atoms with Gasteiger partial charge < -0.3 is 14.4 Å². The Morgan fingerprint density at radius 2 is 1.96 bits per heavy atom. The van der Waals surface area contributed by atoms with Gasteiger partial charge in [-0.3, -0.25) is 4.79 Å². The van der Waals surface area contributed by atoms with Crippen molar-refractivity contribution in [2.24, 2.45) is 0 Å². The van der Waals surface area contributed by atoms with E-state index in [2.05, 4.69) is 20.6 Å². The molecule has 0 fully saturated rings. The molecule has 3 rings (SSSR count). The van der Waals surface area contributed by atoms with Gasteiger partial charge in [0.1, 0.15) is 5.76 Å². The summed E-state index contributed by atoms with van der Waals surface area (Å²) < 4.78 is 10.1. The van der Waals surface area contributed by atoms with E-state index in [1.807, 2.05) is 31.2 Å². The van der Waals surface area contributed by atoms with Crippen LogP contribution in [0, 0.1) is 13.8 Å². The number of amides is 1. The molecular formula is C17H18N4O3S. The number of thioether (sulfide) groups is 1. The first-order chi connectivity index (χ1) is 12.1. The number of aromatic nitrogens is 3. The summed E-state index contributed by atoms with van der Waals surface area (Å²) in [6, 6.07) is 9.63. The van der Waals surface area contributed by atoms with Crippen molar-refractivity contribution in [2.45, 2.75) is 26.0 Å². The molecule has 130 valence electrons. The molecule has 0 aliphatic carbocycles. The number of anilines is 1. The Kier molecular flexibility index (Phi) is 5.49. The highest BCUT2D eigenvalue weighted by molar-refractivity contribution is 7.98. The molecule has 0 unspecified atom stereocenters. The smallest absolute Gasteiger partial charge is 0.236 e. The van der Waals surface area contributed by atoms with Crippen LogP contribution in [-0.4, -0.2) is 27.0 Å². The van der Waals surface area contributed by atoms with Gasteiger partial charge in [-0.15, -0.1) is 0 Å². The molecular weight excluding hydrogens is 340 g/mol. The number of nitrogens with one attached hydrogen (secondary N) is 1. The monoisotopic (exact) mass is 358 g/mol. The van der Waals surface area contributed by atoms with E-state index in [1.165, 1.54) is 5.56 Å². The van der Waals surface area contributed by atoms with Gasteiger partial charge in [0.2, 0.25) is 17.6 Å². The summed E-state index contributed by atoms with van der Waals surface area (Å²) in [5.41, 5.74) is 2.11. The van der Waals surface area contributed by atoms with E-state index in [0.717, 1.165) is 5.56 Å². The number of hydrogen-bond acceptors (Lipinski definition) is 7. The number of carbonyl (C=O) groups is 1. The molecule has 1 amide bonds. The first-order valence-electron chi connectivity index (χ1n) is 7.81. The van der Waals surface area contributed by atoms with Crippen molar-refractivity contribution in [1.29, 1.82) is 0 Å². The molecule has 7 nitrogen and oxygen atoms in total. The Morgan fingerprint density at radius 1 is 1.16 bits per heavy atom. The first-order valence-corrected chi connectivity index (χ1v) is 8.96. The molecule has 0 saturated heterocycles. The number of carbonyl (C=O) groups excluding carboxylic acids is 1. The predicted octanol–water partition coefficient (Wildman–Crippen LogP) is 3.60. The number of rotatable bonds is 7. The highest BCUT2D eigenvalue weighted by Crippen LogP contribution is 2.19. The Labute approximate surface area is 149 Å². The molecule has 0 aliphatic heterocycles. The van der Waals surface area contributed by atoms with Crippen LogP contribution in [0.1, 0.15) is 23.6 Å². The quantitative estimate of drug-likeness (QED) is 0.645. The Bertz CT molecular complexity index is 842. The lowest BCUT2D eigenvalue weighted by Gasteiger charge is -2.00. The first kappa shape index (κ1) is 17.2. The van der Waals surface area contributed by atoms with Crippen LogP contribution < -0.4 is 5.32 Å². The topological polar surface area (TPSA) is 94.1 Å². The fourth-order valence-electron chi connectivity index (χ4n) is 2.09. The SMILES string of the molecule is Cc1ccc(-c2noc(CSCCC(=O)Nc3cc(C)on3)n2)cc1. The molecule has 0 spiro atoms. The Hall–Kier alpha value is -2.61. The third-order valence-electron chi connectivity index (χ3n) is 3.37. The maximum Gasteiger partial charge on any atom is 0.236 e. The third-order valence-corrected chi connectivity index (χ3v) is 4.32. The molecule has 25 heavy (non-hydrogen) atoms. The number of aryl methyl sites for hydroxylation is 2. The molecule has 8 heteroatoms. The van der Waals surface area contributed by atoms with Crippen LogP contribution >= 0.6 is 11.8 Å².